The van der Waals surface area contributed by atoms with Gasteiger partial charge in [-0.05, 0) is 67.3 Å². The SMILES string of the molecule is CC[C@@H](C(=O)NC1CCCCC1)N(Cc1cccc(OC)c1)C(=O)CN(c1ccc(Cl)c(Cl)c1)S(=O)(=O)c1ccccc1. The number of hydrogen-bond donors (Lipinski definition) is 1. The number of benzene rings is 3. The normalized spacial score (nSPS) is 14.5. The summed E-state index contributed by atoms with van der Waals surface area (Å²) in [7, 11) is -2.65. The highest BCUT2D eigenvalue weighted by atomic mass is 35.5. The molecule has 11 heteroatoms. The Kier molecular flexibility index (Phi) is 11.3. The highest BCUT2D eigenvalue weighted by molar-refractivity contribution is 7.92. The average Bonchev–Trinajstić information content (AvgIpc) is 3.02. The van der Waals surface area contributed by atoms with Crippen molar-refractivity contribution in [1.82, 2.24) is 10.2 Å². The number of anilines is 1. The third-order valence-electron chi connectivity index (χ3n) is 7.63. The maximum atomic E-state index is 14.3. The molecule has 1 aliphatic carbocycles. The van der Waals surface area contributed by atoms with Crippen molar-refractivity contribution in [3.05, 3.63) is 88.4 Å². The lowest BCUT2D eigenvalue weighted by molar-refractivity contribution is -0.140. The van der Waals surface area contributed by atoms with Gasteiger partial charge in [0.05, 0.1) is 27.7 Å². The van der Waals surface area contributed by atoms with Crippen molar-refractivity contribution in [3.63, 3.8) is 0 Å². The molecule has 1 atom stereocenters. The minimum absolute atomic E-state index is 0.00954. The minimum Gasteiger partial charge on any atom is -0.497 e. The van der Waals surface area contributed by atoms with Crippen molar-refractivity contribution in [2.24, 2.45) is 0 Å². The summed E-state index contributed by atoms with van der Waals surface area (Å²) in [5, 5.41) is 3.54. The van der Waals surface area contributed by atoms with E-state index >= 15 is 0 Å². The van der Waals surface area contributed by atoms with E-state index in [9.17, 15) is 18.0 Å². The van der Waals surface area contributed by atoms with Crippen molar-refractivity contribution in [3.8, 4) is 5.75 Å². The smallest absolute Gasteiger partial charge is 0.264 e. The number of ether oxygens (including phenoxy) is 1. The number of rotatable bonds is 12. The lowest BCUT2D eigenvalue weighted by Gasteiger charge is -2.34. The van der Waals surface area contributed by atoms with Crippen LogP contribution >= 0.6 is 23.2 Å². The molecule has 1 saturated carbocycles. The summed E-state index contributed by atoms with van der Waals surface area (Å²) in [5.41, 5.74) is 0.913. The molecule has 3 aromatic carbocycles. The van der Waals surface area contributed by atoms with Crippen molar-refractivity contribution >= 4 is 50.7 Å². The van der Waals surface area contributed by atoms with Crippen molar-refractivity contribution in [2.75, 3.05) is 18.0 Å². The van der Waals surface area contributed by atoms with Gasteiger partial charge in [0.2, 0.25) is 11.8 Å². The van der Waals surface area contributed by atoms with Gasteiger partial charge in [-0.1, -0.05) is 79.7 Å². The number of carbonyl (C=O) groups excluding carboxylic acids is 2. The molecule has 43 heavy (non-hydrogen) atoms. The minimum atomic E-state index is -4.21. The van der Waals surface area contributed by atoms with E-state index in [1.165, 1.54) is 35.2 Å². The number of sulfonamides is 1. The number of halogens is 2. The largest absolute Gasteiger partial charge is 0.497 e. The first-order chi connectivity index (χ1) is 20.6. The van der Waals surface area contributed by atoms with Gasteiger partial charge in [0.25, 0.3) is 10.0 Å². The molecule has 0 aliphatic heterocycles. The molecule has 0 bridgehead atoms. The lowest BCUT2D eigenvalue weighted by atomic mass is 9.95. The van der Waals surface area contributed by atoms with Crippen LogP contribution in [0, 0.1) is 0 Å². The van der Waals surface area contributed by atoms with Crippen LogP contribution in [0.1, 0.15) is 51.0 Å². The zero-order valence-electron chi connectivity index (χ0n) is 24.3. The highest BCUT2D eigenvalue weighted by Crippen LogP contribution is 2.31. The maximum Gasteiger partial charge on any atom is 0.264 e. The van der Waals surface area contributed by atoms with Crippen LogP contribution in [0.2, 0.25) is 10.0 Å². The summed E-state index contributed by atoms with van der Waals surface area (Å²) < 4.78 is 34.3. The summed E-state index contributed by atoms with van der Waals surface area (Å²) in [6.45, 7) is 1.36. The fraction of sp³-hybridized carbons (Fsp3) is 0.375. The van der Waals surface area contributed by atoms with E-state index < -0.39 is 28.5 Å². The second-order valence-corrected chi connectivity index (χ2v) is 13.2. The fourth-order valence-corrected chi connectivity index (χ4v) is 7.04. The van der Waals surface area contributed by atoms with Gasteiger partial charge in [-0.25, -0.2) is 8.42 Å². The quantitative estimate of drug-likeness (QED) is 0.244. The van der Waals surface area contributed by atoms with Gasteiger partial charge in [0.15, 0.2) is 0 Å². The molecule has 0 spiro atoms. The van der Waals surface area contributed by atoms with Gasteiger partial charge < -0.3 is 15.0 Å². The predicted molar refractivity (Wildman–Crippen MR) is 170 cm³/mol. The number of amides is 2. The number of carbonyl (C=O) groups is 2. The average molecular weight is 647 g/mol. The molecule has 4 rings (SSSR count). The van der Waals surface area contributed by atoms with Gasteiger partial charge in [-0.3, -0.25) is 13.9 Å². The van der Waals surface area contributed by atoms with Gasteiger partial charge in [-0.15, -0.1) is 0 Å². The number of nitrogens with zero attached hydrogens (tertiary/aromatic N) is 2. The van der Waals surface area contributed by atoms with E-state index in [0.29, 0.717) is 12.2 Å². The Hall–Kier alpha value is -3.27. The molecule has 1 aliphatic rings. The molecular formula is C32H37Cl2N3O5S. The molecule has 8 nitrogen and oxygen atoms in total. The summed E-state index contributed by atoms with van der Waals surface area (Å²) in [6.07, 6.45) is 5.37. The van der Waals surface area contributed by atoms with Crippen LogP contribution in [-0.2, 0) is 26.2 Å². The van der Waals surface area contributed by atoms with Crippen molar-refractivity contribution in [1.29, 1.82) is 0 Å². The number of methoxy groups -OCH3 is 1. The van der Waals surface area contributed by atoms with Gasteiger partial charge in [0, 0.05) is 12.6 Å². The molecule has 0 saturated heterocycles. The van der Waals surface area contributed by atoms with E-state index in [4.69, 9.17) is 27.9 Å². The molecule has 230 valence electrons. The predicted octanol–water partition coefficient (Wildman–Crippen LogP) is 6.45. The molecule has 3 aromatic rings. The van der Waals surface area contributed by atoms with Crippen LogP contribution in [0.3, 0.4) is 0 Å². The molecule has 0 unspecified atom stereocenters. The number of nitrogens with one attached hydrogen (secondary N) is 1. The van der Waals surface area contributed by atoms with E-state index in [1.807, 2.05) is 19.1 Å². The Morgan fingerprint density at radius 3 is 2.33 bits per heavy atom. The Labute approximate surface area is 264 Å². The highest BCUT2D eigenvalue weighted by Gasteiger charge is 2.34. The zero-order chi connectivity index (χ0) is 31.0. The van der Waals surface area contributed by atoms with E-state index in [1.54, 1.807) is 37.4 Å². The van der Waals surface area contributed by atoms with E-state index in [0.717, 1.165) is 42.0 Å². The monoisotopic (exact) mass is 645 g/mol. The summed E-state index contributed by atoms with van der Waals surface area (Å²) >= 11 is 12.4. The first-order valence-electron chi connectivity index (χ1n) is 14.4. The van der Waals surface area contributed by atoms with Gasteiger partial charge >= 0.3 is 0 Å². The number of hydrogen-bond acceptors (Lipinski definition) is 5. The van der Waals surface area contributed by atoms with Crippen LogP contribution in [-0.4, -0.2) is 50.9 Å². The molecule has 1 N–H and O–H groups in total. The molecule has 1 fully saturated rings. The Bertz CT molecular complexity index is 1510. The van der Waals surface area contributed by atoms with Crippen molar-refractivity contribution < 1.29 is 22.7 Å². The molecule has 2 amide bonds. The standard InChI is InChI=1S/C32H37Cl2N3O5S/c1-3-30(32(39)35-24-12-6-4-7-13-24)36(21-23-11-10-14-26(19-23)42-2)31(38)22-37(25-17-18-28(33)29(34)20-25)43(40,41)27-15-8-5-9-16-27/h5,8-11,14-20,24,30H,3-4,6-7,12-13,21-22H2,1-2H3,(H,35,39)/t30-/m0/s1. The third kappa shape index (κ3) is 8.22. The zero-order valence-corrected chi connectivity index (χ0v) is 26.7. The van der Waals surface area contributed by atoms with Crippen molar-refractivity contribution in [2.45, 2.75) is 69.0 Å². The van der Waals surface area contributed by atoms with Gasteiger partial charge in [0.1, 0.15) is 18.3 Å². The maximum absolute atomic E-state index is 14.3. The lowest BCUT2D eigenvalue weighted by Crippen LogP contribution is -2.54. The van der Waals surface area contributed by atoms with Crippen LogP contribution in [0.5, 0.6) is 5.75 Å². The second-order valence-electron chi connectivity index (χ2n) is 10.6. The van der Waals surface area contributed by atoms with Crippen LogP contribution in [0.25, 0.3) is 0 Å². The Morgan fingerprint density at radius 1 is 0.953 bits per heavy atom. The van der Waals surface area contributed by atoms with Crippen LogP contribution < -0.4 is 14.4 Å². The topological polar surface area (TPSA) is 96.0 Å². The van der Waals surface area contributed by atoms with E-state index in [-0.39, 0.29) is 39.1 Å². The molecular weight excluding hydrogens is 609 g/mol. The first kappa shape index (κ1) is 32.6. The molecule has 0 heterocycles. The summed E-state index contributed by atoms with van der Waals surface area (Å²) in [5.74, 6) is -0.189. The summed E-state index contributed by atoms with van der Waals surface area (Å²) in [4.78, 5) is 29.4. The van der Waals surface area contributed by atoms with Crippen LogP contribution in [0.15, 0.2) is 77.7 Å². The molecule has 0 aromatic heterocycles. The Balaban J connectivity index is 1.72. The van der Waals surface area contributed by atoms with Gasteiger partial charge in [-0.2, -0.15) is 0 Å². The first-order valence-corrected chi connectivity index (χ1v) is 16.6. The second kappa shape index (κ2) is 14.9. The third-order valence-corrected chi connectivity index (χ3v) is 10.2. The molecule has 0 radical (unpaired) electrons. The summed E-state index contributed by atoms with van der Waals surface area (Å²) in [6, 6.07) is 18.7. The fourth-order valence-electron chi connectivity index (χ4n) is 5.32. The van der Waals surface area contributed by atoms with E-state index in [2.05, 4.69) is 5.32 Å². The Morgan fingerprint density at radius 2 is 1.67 bits per heavy atom. The van der Waals surface area contributed by atoms with Crippen LogP contribution in [0.4, 0.5) is 5.69 Å².